The van der Waals surface area contributed by atoms with Crippen molar-refractivity contribution in [2.75, 3.05) is 12.3 Å². The molecule has 0 unspecified atom stereocenters. The predicted octanol–water partition coefficient (Wildman–Crippen LogP) is 3.86. The van der Waals surface area contributed by atoms with Crippen LogP contribution in [0.1, 0.15) is 4.88 Å². The van der Waals surface area contributed by atoms with E-state index in [1.54, 1.807) is 23.1 Å². The van der Waals surface area contributed by atoms with Gasteiger partial charge in [-0.15, -0.1) is 24.5 Å². The Kier molecular flexibility index (Phi) is 6.55. The molecule has 0 aliphatic rings. The second-order valence-electron chi connectivity index (χ2n) is 4.55. The molecule has 0 saturated heterocycles. The molecular weight excluding hydrogens is 383 g/mol. The van der Waals surface area contributed by atoms with Crippen LogP contribution in [0.25, 0.3) is 0 Å². The molecule has 1 N–H and O–H groups in total. The summed E-state index contributed by atoms with van der Waals surface area (Å²) in [7, 11) is -3.75. The number of thiophene rings is 1. The minimum absolute atomic E-state index is 0.111. The van der Waals surface area contributed by atoms with Crippen molar-refractivity contribution in [2.24, 2.45) is 0 Å². The largest absolute Gasteiger partial charge is 0.573 e. The second kappa shape index (κ2) is 8.24. The number of halogens is 3. The number of benzene rings is 1. The lowest BCUT2D eigenvalue weighted by Gasteiger charge is -2.10. The van der Waals surface area contributed by atoms with E-state index < -0.39 is 22.1 Å². The van der Waals surface area contributed by atoms with Gasteiger partial charge in [0.25, 0.3) is 0 Å². The average molecular weight is 397 g/mol. The maximum Gasteiger partial charge on any atom is 0.573 e. The lowest BCUT2D eigenvalue weighted by molar-refractivity contribution is -0.274. The van der Waals surface area contributed by atoms with Gasteiger partial charge in [-0.05, 0) is 35.7 Å². The summed E-state index contributed by atoms with van der Waals surface area (Å²) in [5, 5.41) is 1.98. The number of rotatable bonds is 8. The first-order chi connectivity index (χ1) is 11.3. The van der Waals surface area contributed by atoms with Gasteiger partial charge in [0.15, 0.2) is 0 Å². The standard InChI is InChI=1S/C14H14F3NO3S3/c15-14(16,17)21-11-3-5-13(6-4-11)24(19,20)18-7-9-22-10-12-2-1-8-23-12/h1-6,8,18H,7,9-10H2. The summed E-state index contributed by atoms with van der Waals surface area (Å²) in [6.07, 6.45) is -4.81. The molecule has 1 aromatic carbocycles. The average Bonchev–Trinajstić information content (AvgIpc) is 2.99. The van der Waals surface area contributed by atoms with Crippen molar-refractivity contribution in [3.05, 3.63) is 46.7 Å². The van der Waals surface area contributed by atoms with E-state index in [0.717, 1.165) is 30.0 Å². The minimum atomic E-state index is -4.81. The van der Waals surface area contributed by atoms with Crippen LogP contribution < -0.4 is 9.46 Å². The van der Waals surface area contributed by atoms with Gasteiger partial charge in [-0.25, -0.2) is 13.1 Å². The van der Waals surface area contributed by atoms with E-state index in [4.69, 9.17) is 0 Å². The van der Waals surface area contributed by atoms with Crippen molar-refractivity contribution in [1.29, 1.82) is 0 Å². The lowest BCUT2D eigenvalue weighted by atomic mass is 10.3. The zero-order valence-corrected chi connectivity index (χ0v) is 14.7. The quantitative estimate of drug-likeness (QED) is 0.688. The summed E-state index contributed by atoms with van der Waals surface area (Å²) in [6, 6.07) is 8.04. The molecule has 24 heavy (non-hydrogen) atoms. The molecule has 10 heteroatoms. The Morgan fingerprint density at radius 3 is 2.46 bits per heavy atom. The summed E-state index contributed by atoms with van der Waals surface area (Å²) in [6.45, 7) is 0.235. The molecule has 0 saturated carbocycles. The molecule has 4 nitrogen and oxygen atoms in total. The van der Waals surface area contributed by atoms with Crippen LogP contribution >= 0.6 is 23.1 Å². The van der Waals surface area contributed by atoms with Gasteiger partial charge in [0.1, 0.15) is 5.75 Å². The normalized spacial score (nSPS) is 12.3. The highest BCUT2D eigenvalue weighted by Crippen LogP contribution is 2.24. The predicted molar refractivity (Wildman–Crippen MR) is 88.8 cm³/mol. The van der Waals surface area contributed by atoms with Gasteiger partial charge in [-0.1, -0.05) is 6.07 Å². The monoisotopic (exact) mass is 397 g/mol. The minimum Gasteiger partial charge on any atom is -0.406 e. The Balaban J connectivity index is 1.81. The lowest BCUT2D eigenvalue weighted by Crippen LogP contribution is -2.26. The smallest absolute Gasteiger partial charge is 0.406 e. The fourth-order valence-electron chi connectivity index (χ4n) is 1.72. The summed E-state index contributed by atoms with van der Waals surface area (Å²) in [4.78, 5) is 1.10. The van der Waals surface area contributed by atoms with Crippen molar-refractivity contribution < 1.29 is 26.3 Å². The highest BCUT2D eigenvalue weighted by Gasteiger charge is 2.31. The zero-order chi connectivity index (χ0) is 17.6. The number of hydrogen-bond donors (Lipinski definition) is 1. The number of nitrogens with one attached hydrogen (secondary N) is 1. The molecule has 0 amide bonds. The number of hydrogen-bond acceptors (Lipinski definition) is 5. The third-order valence-corrected chi connectivity index (χ3v) is 6.27. The SMILES string of the molecule is O=S(=O)(NCCSCc1cccs1)c1ccc(OC(F)(F)F)cc1. The first kappa shape index (κ1) is 19.1. The van der Waals surface area contributed by atoms with Gasteiger partial charge in [-0.3, -0.25) is 0 Å². The van der Waals surface area contributed by atoms with Crippen LogP contribution in [0.3, 0.4) is 0 Å². The van der Waals surface area contributed by atoms with Crippen LogP contribution in [-0.2, 0) is 15.8 Å². The Morgan fingerprint density at radius 2 is 1.88 bits per heavy atom. The van der Waals surface area contributed by atoms with Crippen LogP contribution in [0.15, 0.2) is 46.7 Å². The zero-order valence-electron chi connectivity index (χ0n) is 12.2. The third kappa shape index (κ3) is 6.34. The van der Waals surface area contributed by atoms with Gasteiger partial charge in [-0.2, -0.15) is 11.8 Å². The Morgan fingerprint density at radius 1 is 1.17 bits per heavy atom. The fraction of sp³-hybridized carbons (Fsp3) is 0.286. The van der Waals surface area contributed by atoms with Gasteiger partial charge < -0.3 is 4.74 Å². The molecule has 1 aromatic heterocycles. The molecule has 0 bridgehead atoms. The number of ether oxygens (including phenoxy) is 1. The van der Waals surface area contributed by atoms with Crippen molar-refractivity contribution in [3.8, 4) is 5.75 Å². The number of thioether (sulfide) groups is 1. The van der Waals surface area contributed by atoms with Gasteiger partial charge >= 0.3 is 6.36 Å². The number of sulfonamides is 1. The van der Waals surface area contributed by atoms with Crippen molar-refractivity contribution in [2.45, 2.75) is 17.0 Å². The van der Waals surface area contributed by atoms with E-state index >= 15 is 0 Å². The van der Waals surface area contributed by atoms with E-state index in [2.05, 4.69) is 9.46 Å². The van der Waals surface area contributed by atoms with E-state index in [-0.39, 0.29) is 11.4 Å². The molecule has 1 heterocycles. The van der Waals surface area contributed by atoms with Gasteiger partial charge in [0.05, 0.1) is 4.90 Å². The van der Waals surface area contributed by atoms with E-state index in [9.17, 15) is 21.6 Å². The van der Waals surface area contributed by atoms with E-state index in [1.165, 1.54) is 4.88 Å². The molecule has 2 aromatic rings. The second-order valence-corrected chi connectivity index (χ2v) is 8.45. The summed E-state index contributed by atoms with van der Waals surface area (Å²) >= 11 is 3.23. The summed E-state index contributed by atoms with van der Waals surface area (Å²) in [5.41, 5.74) is 0. The molecule has 0 fully saturated rings. The van der Waals surface area contributed by atoms with Crippen molar-refractivity contribution in [3.63, 3.8) is 0 Å². The Labute approximate surface area is 146 Å². The van der Waals surface area contributed by atoms with Crippen molar-refractivity contribution in [1.82, 2.24) is 4.72 Å². The van der Waals surface area contributed by atoms with Gasteiger partial charge in [0, 0.05) is 22.9 Å². The highest BCUT2D eigenvalue weighted by molar-refractivity contribution is 7.98. The van der Waals surface area contributed by atoms with Crippen LogP contribution in [-0.4, -0.2) is 27.1 Å². The molecule has 0 aliphatic heterocycles. The molecule has 0 radical (unpaired) electrons. The Hall–Kier alpha value is -1.23. The Bertz CT molecular complexity index is 729. The highest BCUT2D eigenvalue weighted by atomic mass is 32.2. The molecular formula is C14H14F3NO3S3. The van der Waals surface area contributed by atoms with Crippen LogP contribution in [0.2, 0.25) is 0 Å². The molecule has 2 rings (SSSR count). The first-order valence-corrected chi connectivity index (χ1v) is 10.2. The molecule has 0 atom stereocenters. The van der Waals surface area contributed by atoms with Crippen molar-refractivity contribution >= 4 is 33.1 Å². The maximum atomic E-state index is 12.1. The first-order valence-electron chi connectivity index (χ1n) is 6.72. The molecule has 132 valence electrons. The maximum absolute atomic E-state index is 12.1. The topological polar surface area (TPSA) is 55.4 Å². The summed E-state index contributed by atoms with van der Waals surface area (Å²) in [5.74, 6) is 0.933. The third-order valence-electron chi connectivity index (χ3n) is 2.73. The number of alkyl halides is 3. The van der Waals surface area contributed by atoms with Crippen LogP contribution in [0.4, 0.5) is 13.2 Å². The van der Waals surface area contributed by atoms with E-state index in [1.807, 2.05) is 17.5 Å². The van der Waals surface area contributed by atoms with E-state index in [0.29, 0.717) is 5.75 Å². The molecule has 0 spiro atoms. The van der Waals surface area contributed by atoms with Gasteiger partial charge in [0.2, 0.25) is 10.0 Å². The fourth-order valence-corrected chi connectivity index (χ4v) is 4.58. The van der Waals surface area contributed by atoms with Crippen LogP contribution in [0, 0.1) is 0 Å². The van der Waals surface area contributed by atoms with Crippen LogP contribution in [0.5, 0.6) is 5.75 Å². The molecule has 0 aliphatic carbocycles. The summed E-state index contributed by atoms with van der Waals surface area (Å²) < 4.78 is 66.4.